The van der Waals surface area contributed by atoms with Crippen molar-refractivity contribution in [3.05, 3.63) is 49.1 Å². The minimum atomic E-state index is -3.43. The van der Waals surface area contributed by atoms with Crippen molar-refractivity contribution in [3.63, 3.8) is 0 Å². The average Bonchev–Trinajstić information content (AvgIpc) is 2.49. The van der Waals surface area contributed by atoms with Gasteiger partial charge in [-0.25, -0.2) is 0 Å². The molecule has 3 nitrogen and oxygen atoms in total. The molecule has 0 amide bonds. The van der Waals surface area contributed by atoms with Gasteiger partial charge in [-0.1, -0.05) is 23.2 Å². The normalized spacial score (nSPS) is 10.9. The third-order valence-corrected chi connectivity index (χ3v) is 2.73. The Morgan fingerprint density at radius 3 is 1.50 bits per heavy atom. The standard InChI is InChI=1S/C10H8N2.C3H4Cl2F2O/c1-5-11-6-2-9(1)10-3-7-12-8-4-10;1-8-3(6,7)2(4)5/h1-8H;2H,1H3. The predicted octanol–water partition coefficient (Wildman–Crippen LogP) is 4.17. The summed E-state index contributed by atoms with van der Waals surface area (Å²) in [7, 11) is 0.831. The van der Waals surface area contributed by atoms with Crippen molar-refractivity contribution in [1.29, 1.82) is 0 Å². The number of pyridine rings is 2. The molecule has 0 saturated carbocycles. The van der Waals surface area contributed by atoms with E-state index in [4.69, 9.17) is 23.2 Å². The molecule has 0 unspecified atom stereocenters. The van der Waals surface area contributed by atoms with Crippen molar-refractivity contribution >= 4 is 23.2 Å². The van der Waals surface area contributed by atoms with E-state index in [9.17, 15) is 8.78 Å². The fraction of sp³-hybridized carbons (Fsp3) is 0.231. The fourth-order valence-electron chi connectivity index (χ4n) is 1.18. The van der Waals surface area contributed by atoms with Crippen LogP contribution in [0, 0.1) is 0 Å². The molecule has 0 aliphatic heterocycles. The van der Waals surface area contributed by atoms with Gasteiger partial charge in [-0.2, -0.15) is 8.78 Å². The van der Waals surface area contributed by atoms with Gasteiger partial charge in [-0.05, 0) is 35.4 Å². The minimum Gasteiger partial charge on any atom is -0.322 e. The topological polar surface area (TPSA) is 35.0 Å². The van der Waals surface area contributed by atoms with Crippen LogP contribution in [0.15, 0.2) is 49.1 Å². The molecular formula is C13H12Cl2F2N2O. The van der Waals surface area contributed by atoms with Crippen molar-refractivity contribution in [2.24, 2.45) is 0 Å². The van der Waals surface area contributed by atoms with E-state index in [1.807, 2.05) is 24.3 Å². The number of rotatable bonds is 3. The van der Waals surface area contributed by atoms with Gasteiger partial charge in [0.1, 0.15) is 0 Å². The zero-order valence-corrected chi connectivity index (χ0v) is 12.0. The van der Waals surface area contributed by atoms with Crippen LogP contribution in [0.3, 0.4) is 0 Å². The average molecular weight is 321 g/mol. The van der Waals surface area contributed by atoms with Crippen LogP contribution < -0.4 is 0 Å². The van der Waals surface area contributed by atoms with E-state index in [2.05, 4.69) is 14.7 Å². The number of hydrogen-bond acceptors (Lipinski definition) is 3. The summed E-state index contributed by atoms with van der Waals surface area (Å²) >= 11 is 9.52. The highest BCUT2D eigenvalue weighted by Gasteiger charge is 2.36. The van der Waals surface area contributed by atoms with Crippen LogP contribution in [0.5, 0.6) is 0 Å². The van der Waals surface area contributed by atoms with Crippen LogP contribution in [-0.4, -0.2) is 28.0 Å². The third-order valence-electron chi connectivity index (χ3n) is 2.22. The van der Waals surface area contributed by atoms with Crippen molar-refractivity contribution < 1.29 is 13.5 Å². The maximum absolute atomic E-state index is 11.8. The molecule has 2 aromatic rings. The first-order valence-electron chi connectivity index (χ1n) is 5.49. The summed E-state index contributed by atoms with van der Waals surface area (Å²) in [5.41, 5.74) is 2.35. The molecule has 2 heterocycles. The molecule has 0 atom stereocenters. The fourth-order valence-corrected chi connectivity index (χ4v) is 1.36. The molecule has 0 aliphatic carbocycles. The van der Waals surface area contributed by atoms with Crippen molar-refractivity contribution in [2.45, 2.75) is 10.9 Å². The summed E-state index contributed by atoms with van der Waals surface area (Å²) < 4.78 is 27.2. The first-order valence-corrected chi connectivity index (χ1v) is 6.36. The van der Waals surface area contributed by atoms with Gasteiger partial charge in [-0.15, -0.1) is 0 Å². The molecule has 0 aliphatic rings. The molecule has 0 fully saturated rings. The van der Waals surface area contributed by atoms with Gasteiger partial charge < -0.3 is 4.74 Å². The number of nitrogens with zero attached hydrogens (tertiary/aromatic N) is 2. The van der Waals surface area contributed by atoms with E-state index in [1.165, 1.54) is 11.1 Å². The van der Waals surface area contributed by atoms with Crippen LogP contribution in [0.1, 0.15) is 0 Å². The summed E-state index contributed by atoms with van der Waals surface area (Å²) in [6.07, 6.45) is 3.72. The van der Waals surface area contributed by atoms with Crippen LogP contribution in [0.4, 0.5) is 8.78 Å². The second kappa shape index (κ2) is 8.09. The molecule has 0 aromatic carbocycles. The van der Waals surface area contributed by atoms with E-state index >= 15 is 0 Å². The predicted molar refractivity (Wildman–Crippen MR) is 74.9 cm³/mol. The lowest BCUT2D eigenvalue weighted by Gasteiger charge is -2.13. The maximum Gasteiger partial charge on any atom is 0.385 e. The van der Waals surface area contributed by atoms with Crippen molar-refractivity contribution in [2.75, 3.05) is 7.11 Å². The van der Waals surface area contributed by atoms with Crippen LogP contribution in [0.2, 0.25) is 0 Å². The Balaban J connectivity index is 0.000000221. The number of halogens is 4. The summed E-state index contributed by atoms with van der Waals surface area (Å²) in [4.78, 5) is 6.11. The largest absolute Gasteiger partial charge is 0.385 e. The van der Waals surface area contributed by atoms with E-state index in [0.717, 1.165) is 7.11 Å². The molecule has 0 saturated heterocycles. The third kappa shape index (κ3) is 5.36. The Labute approximate surface area is 125 Å². The molecule has 20 heavy (non-hydrogen) atoms. The van der Waals surface area contributed by atoms with E-state index in [0.29, 0.717) is 0 Å². The zero-order valence-electron chi connectivity index (χ0n) is 10.5. The summed E-state index contributed by atoms with van der Waals surface area (Å²) in [6.45, 7) is 0. The molecule has 0 spiro atoms. The highest BCUT2D eigenvalue weighted by atomic mass is 35.5. The Bertz CT molecular complexity index is 461. The van der Waals surface area contributed by atoms with Gasteiger partial charge >= 0.3 is 6.11 Å². The number of hydrogen-bond donors (Lipinski definition) is 0. The lowest BCUT2D eigenvalue weighted by Crippen LogP contribution is -2.26. The molecular weight excluding hydrogens is 309 g/mol. The van der Waals surface area contributed by atoms with Gasteiger partial charge in [-0.3, -0.25) is 9.97 Å². The molecule has 2 aromatic heterocycles. The van der Waals surface area contributed by atoms with E-state index in [1.54, 1.807) is 24.8 Å². The number of alkyl halides is 4. The monoisotopic (exact) mass is 320 g/mol. The molecule has 0 bridgehead atoms. The summed E-state index contributed by atoms with van der Waals surface area (Å²) in [6, 6.07) is 7.93. The zero-order chi connectivity index (χ0) is 15.0. The minimum absolute atomic E-state index is 0.831. The van der Waals surface area contributed by atoms with Crippen LogP contribution in [-0.2, 0) is 4.74 Å². The van der Waals surface area contributed by atoms with Gasteiger partial charge in [0, 0.05) is 31.9 Å². The maximum atomic E-state index is 11.8. The first kappa shape index (κ1) is 16.8. The van der Waals surface area contributed by atoms with E-state index in [-0.39, 0.29) is 0 Å². The lowest BCUT2D eigenvalue weighted by molar-refractivity contribution is -0.210. The Morgan fingerprint density at radius 1 is 0.950 bits per heavy atom. The molecule has 2 rings (SSSR count). The molecule has 108 valence electrons. The van der Waals surface area contributed by atoms with Gasteiger partial charge in [0.25, 0.3) is 0 Å². The molecule has 0 N–H and O–H groups in total. The number of methoxy groups -OCH3 is 1. The Hall–Kier alpha value is -1.30. The summed E-state index contributed by atoms with van der Waals surface area (Å²) in [5, 5.41) is 0. The van der Waals surface area contributed by atoms with Crippen molar-refractivity contribution in [3.8, 4) is 11.1 Å². The second-order valence-corrected chi connectivity index (χ2v) is 4.63. The summed E-state index contributed by atoms with van der Waals surface area (Å²) in [5.74, 6) is 0. The van der Waals surface area contributed by atoms with Crippen molar-refractivity contribution in [1.82, 2.24) is 9.97 Å². The molecule has 7 heteroatoms. The second-order valence-electron chi connectivity index (χ2n) is 3.54. The highest BCUT2D eigenvalue weighted by molar-refractivity contribution is 6.44. The smallest absolute Gasteiger partial charge is 0.322 e. The highest BCUT2D eigenvalue weighted by Crippen LogP contribution is 2.26. The van der Waals surface area contributed by atoms with E-state index < -0.39 is 10.9 Å². The SMILES string of the molecule is COC(F)(F)C(Cl)Cl.c1cc(-c2ccncc2)ccn1. The molecule has 0 radical (unpaired) electrons. The quantitative estimate of drug-likeness (QED) is 0.796. The Morgan fingerprint density at radius 2 is 1.30 bits per heavy atom. The van der Waals surface area contributed by atoms with Crippen LogP contribution >= 0.6 is 23.2 Å². The number of aromatic nitrogens is 2. The van der Waals surface area contributed by atoms with Gasteiger partial charge in [0.2, 0.25) is 0 Å². The Kier molecular flexibility index (Phi) is 6.78. The lowest BCUT2D eigenvalue weighted by atomic mass is 10.1. The number of ether oxygens (including phenoxy) is 1. The van der Waals surface area contributed by atoms with Gasteiger partial charge in [0.05, 0.1) is 0 Å². The first-order chi connectivity index (χ1) is 9.47. The van der Waals surface area contributed by atoms with Crippen LogP contribution in [0.25, 0.3) is 11.1 Å². The van der Waals surface area contributed by atoms with Gasteiger partial charge in [0.15, 0.2) is 4.84 Å².